The lowest BCUT2D eigenvalue weighted by atomic mass is 10.2. The van der Waals surface area contributed by atoms with Crippen molar-refractivity contribution in [2.75, 3.05) is 32.7 Å². The fourth-order valence-corrected chi connectivity index (χ4v) is 2.14. The topological polar surface area (TPSA) is 62.5 Å². The summed E-state index contributed by atoms with van der Waals surface area (Å²) in [6.45, 7) is 8.38. The Kier molecular flexibility index (Phi) is 4.22. The first-order valence-electron chi connectivity index (χ1n) is 6.23. The monoisotopic (exact) mass is 250 g/mol. The molecule has 1 fully saturated rings. The van der Waals surface area contributed by atoms with E-state index in [-0.39, 0.29) is 5.82 Å². The molecule has 0 radical (unpaired) electrons. The Hall–Kier alpha value is -1.53. The van der Waals surface area contributed by atoms with Crippen molar-refractivity contribution in [3.63, 3.8) is 0 Å². The van der Waals surface area contributed by atoms with Crippen LogP contribution in [0.2, 0.25) is 0 Å². The van der Waals surface area contributed by atoms with E-state index in [1.54, 1.807) is 12.3 Å². The maximum Gasteiger partial charge on any atom is 0.363 e. The molecule has 98 valence electrons. The molecule has 1 aliphatic heterocycles. The third-order valence-corrected chi connectivity index (χ3v) is 3.31. The third-order valence-electron chi connectivity index (χ3n) is 3.31. The van der Waals surface area contributed by atoms with Crippen molar-refractivity contribution < 1.29 is 4.92 Å². The second kappa shape index (κ2) is 5.88. The summed E-state index contributed by atoms with van der Waals surface area (Å²) in [4.78, 5) is 18.6. The second-order valence-corrected chi connectivity index (χ2v) is 4.49. The number of nitro groups is 1. The average molecular weight is 250 g/mol. The molecule has 2 rings (SSSR count). The number of aromatic nitrogens is 1. The van der Waals surface area contributed by atoms with Crippen molar-refractivity contribution >= 4 is 5.82 Å². The molecule has 0 aromatic carbocycles. The minimum Gasteiger partial charge on any atom is -0.358 e. The molecule has 1 aliphatic rings. The number of rotatable bonds is 4. The van der Waals surface area contributed by atoms with Crippen LogP contribution in [0.25, 0.3) is 0 Å². The molecule has 0 spiro atoms. The van der Waals surface area contributed by atoms with Gasteiger partial charge in [-0.1, -0.05) is 6.92 Å². The van der Waals surface area contributed by atoms with E-state index in [4.69, 9.17) is 0 Å². The Bertz CT molecular complexity index is 399. The molecule has 0 N–H and O–H groups in total. The molecule has 1 aromatic heterocycles. The van der Waals surface area contributed by atoms with Crippen LogP contribution in [0.15, 0.2) is 18.3 Å². The van der Waals surface area contributed by atoms with E-state index in [1.165, 1.54) is 6.07 Å². The van der Waals surface area contributed by atoms with Crippen molar-refractivity contribution in [2.45, 2.75) is 13.5 Å². The van der Waals surface area contributed by atoms with Gasteiger partial charge < -0.3 is 15.0 Å². The number of hydrogen-bond acceptors (Lipinski definition) is 5. The number of piperazine rings is 1. The lowest BCUT2D eigenvalue weighted by molar-refractivity contribution is -0.389. The van der Waals surface area contributed by atoms with Gasteiger partial charge in [0.2, 0.25) is 0 Å². The van der Waals surface area contributed by atoms with Gasteiger partial charge >= 0.3 is 5.82 Å². The maximum atomic E-state index is 10.5. The van der Waals surface area contributed by atoms with E-state index in [2.05, 4.69) is 21.7 Å². The molecule has 1 saturated heterocycles. The minimum absolute atomic E-state index is 0.0884. The van der Waals surface area contributed by atoms with Crippen LogP contribution in [-0.4, -0.2) is 52.4 Å². The van der Waals surface area contributed by atoms with Crippen LogP contribution < -0.4 is 0 Å². The summed E-state index contributed by atoms with van der Waals surface area (Å²) in [5.74, 6) is -0.0884. The highest BCUT2D eigenvalue weighted by Crippen LogP contribution is 2.11. The van der Waals surface area contributed by atoms with Crippen LogP contribution >= 0.6 is 0 Å². The van der Waals surface area contributed by atoms with Crippen LogP contribution in [0.1, 0.15) is 12.5 Å². The first kappa shape index (κ1) is 12.9. The highest BCUT2D eigenvalue weighted by molar-refractivity contribution is 5.22. The van der Waals surface area contributed by atoms with Crippen molar-refractivity contribution in [2.24, 2.45) is 0 Å². The molecular weight excluding hydrogens is 232 g/mol. The first-order valence-corrected chi connectivity index (χ1v) is 6.23. The van der Waals surface area contributed by atoms with Crippen LogP contribution in [0.5, 0.6) is 0 Å². The van der Waals surface area contributed by atoms with Gasteiger partial charge in [-0.2, -0.15) is 0 Å². The van der Waals surface area contributed by atoms with E-state index in [1.807, 2.05) is 0 Å². The molecule has 0 aliphatic carbocycles. The van der Waals surface area contributed by atoms with Gasteiger partial charge in [0.15, 0.2) is 0 Å². The Morgan fingerprint density at radius 3 is 2.44 bits per heavy atom. The summed E-state index contributed by atoms with van der Waals surface area (Å²) < 4.78 is 0. The molecule has 1 aromatic rings. The Balaban J connectivity index is 1.88. The standard InChI is InChI=1S/C12H18N4O2/c1-2-14-5-7-15(8-6-14)10-11-3-4-12(13-9-11)16(17)18/h3-4,9H,2,5-8,10H2,1H3. The minimum atomic E-state index is -0.468. The summed E-state index contributed by atoms with van der Waals surface area (Å²) >= 11 is 0. The van der Waals surface area contributed by atoms with Crippen LogP contribution in [-0.2, 0) is 6.54 Å². The fourth-order valence-electron chi connectivity index (χ4n) is 2.14. The molecule has 0 unspecified atom stereocenters. The normalized spacial score (nSPS) is 17.8. The van der Waals surface area contributed by atoms with Crippen LogP contribution in [0.4, 0.5) is 5.82 Å². The Labute approximate surface area is 106 Å². The van der Waals surface area contributed by atoms with Gasteiger partial charge in [-0.05, 0) is 22.5 Å². The smallest absolute Gasteiger partial charge is 0.358 e. The van der Waals surface area contributed by atoms with Gasteiger partial charge in [-0.25, -0.2) is 0 Å². The molecule has 0 amide bonds. The van der Waals surface area contributed by atoms with E-state index in [0.717, 1.165) is 44.8 Å². The summed E-state index contributed by atoms with van der Waals surface area (Å²) in [6.07, 6.45) is 1.60. The first-order chi connectivity index (χ1) is 8.69. The highest BCUT2D eigenvalue weighted by Gasteiger charge is 2.16. The van der Waals surface area contributed by atoms with Crippen molar-refractivity contribution in [1.82, 2.24) is 14.8 Å². The van der Waals surface area contributed by atoms with Gasteiger partial charge in [0, 0.05) is 44.4 Å². The van der Waals surface area contributed by atoms with E-state index >= 15 is 0 Å². The highest BCUT2D eigenvalue weighted by atomic mass is 16.6. The number of pyridine rings is 1. The SMILES string of the molecule is CCN1CCN(Cc2ccc([N+](=O)[O-])nc2)CC1. The lowest BCUT2D eigenvalue weighted by Crippen LogP contribution is -2.45. The zero-order valence-corrected chi connectivity index (χ0v) is 10.6. The van der Waals surface area contributed by atoms with Gasteiger partial charge in [-0.15, -0.1) is 0 Å². The summed E-state index contributed by atoms with van der Waals surface area (Å²) in [5, 5.41) is 10.5. The third kappa shape index (κ3) is 3.24. The lowest BCUT2D eigenvalue weighted by Gasteiger charge is -2.33. The van der Waals surface area contributed by atoms with Gasteiger partial charge in [0.05, 0.1) is 0 Å². The fraction of sp³-hybridized carbons (Fsp3) is 0.583. The quantitative estimate of drug-likeness (QED) is 0.592. The van der Waals surface area contributed by atoms with Gasteiger partial charge in [0.25, 0.3) is 0 Å². The molecule has 0 atom stereocenters. The number of nitrogens with zero attached hydrogens (tertiary/aromatic N) is 4. The summed E-state index contributed by atoms with van der Waals surface area (Å²) in [7, 11) is 0. The van der Waals surface area contributed by atoms with E-state index in [0.29, 0.717) is 0 Å². The van der Waals surface area contributed by atoms with Gasteiger partial charge in [0.1, 0.15) is 6.20 Å². The molecule has 18 heavy (non-hydrogen) atoms. The molecule has 0 saturated carbocycles. The predicted molar refractivity (Wildman–Crippen MR) is 68.3 cm³/mol. The number of likely N-dealkylation sites (N-methyl/N-ethyl adjacent to an activating group) is 1. The van der Waals surface area contributed by atoms with E-state index < -0.39 is 4.92 Å². The predicted octanol–water partition coefficient (Wildman–Crippen LogP) is 1.13. The van der Waals surface area contributed by atoms with Crippen LogP contribution in [0, 0.1) is 10.1 Å². The second-order valence-electron chi connectivity index (χ2n) is 4.49. The van der Waals surface area contributed by atoms with E-state index in [9.17, 15) is 10.1 Å². The zero-order valence-electron chi connectivity index (χ0n) is 10.6. The Morgan fingerprint density at radius 2 is 1.94 bits per heavy atom. The van der Waals surface area contributed by atoms with Crippen molar-refractivity contribution in [1.29, 1.82) is 0 Å². The molecule has 2 heterocycles. The average Bonchev–Trinajstić information content (AvgIpc) is 2.40. The summed E-state index contributed by atoms with van der Waals surface area (Å²) in [5.41, 5.74) is 1.03. The van der Waals surface area contributed by atoms with Crippen molar-refractivity contribution in [3.05, 3.63) is 34.0 Å². The number of hydrogen-bond donors (Lipinski definition) is 0. The summed E-state index contributed by atoms with van der Waals surface area (Å²) in [6, 6.07) is 3.26. The molecule has 0 bridgehead atoms. The van der Waals surface area contributed by atoms with Crippen molar-refractivity contribution in [3.8, 4) is 0 Å². The molecular formula is C12H18N4O2. The zero-order chi connectivity index (χ0) is 13.0. The van der Waals surface area contributed by atoms with Gasteiger partial charge in [-0.3, -0.25) is 4.90 Å². The maximum absolute atomic E-state index is 10.5. The Morgan fingerprint density at radius 1 is 1.28 bits per heavy atom. The van der Waals surface area contributed by atoms with Crippen LogP contribution in [0.3, 0.4) is 0 Å². The largest absolute Gasteiger partial charge is 0.363 e. The molecule has 6 nitrogen and oxygen atoms in total. The molecule has 6 heteroatoms.